The zero-order chi connectivity index (χ0) is 12.3. The average molecular weight is 223 g/mol. The Kier molecular flexibility index (Phi) is 3.77. The summed E-state index contributed by atoms with van der Waals surface area (Å²) in [5.74, 6) is 0.515. The highest BCUT2D eigenvalue weighted by atomic mass is 16.5. The number of ether oxygens (including phenoxy) is 2. The highest BCUT2D eigenvalue weighted by Crippen LogP contribution is 2.31. The molecule has 2 N–H and O–H groups in total. The van der Waals surface area contributed by atoms with Gasteiger partial charge < -0.3 is 15.2 Å². The summed E-state index contributed by atoms with van der Waals surface area (Å²) in [4.78, 5) is 11.5. The topological polar surface area (TPSA) is 61.5 Å². The molecular formula is C12H17NO3. The van der Waals surface area contributed by atoms with Crippen LogP contribution in [0.25, 0.3) is 0 Å². The largest absolute Gasteiger partial charge is 0.496 e. The highest BCUT2D eigenvalue weighted by Gasteiger charge is 2.16. The van der Waals surface area contributed by atoms with E-state index in [4.69, 9.17) is 10.5 Å². The van der Waals surface area contributed by atoms with Crippen LogP contribution in [0.15, 0.2) is 12.1 Å². The van der Waals surface area contributed by atoms with E-state index in [1.54, 1.807) is 19.2 Å². The Bertz CT molecular complexity index is 399. The lowest BCUT2D eigenvalue weighted by atomic mass is 9.98. The molecule has 0 bridgehead atoms. The van der Waals surface area contributed by atoms with Crippen molar-refractivity contribution in [3.05, 3.63) is 23.3 Å². The molecule has 0 saturated heterocycles. The van der Waals surface area contributed by atoms with Crippen LogP contribution in [0.4, 0.5) is 5.69 Å². The molecule has 1 aromatic carbocycles. The summed E-state index contributed by atoms with van der Waals surface area (Å²) in [6, 6.07) is 3.38. The molecule has 0 atom stereocenters. The molecule has 0 fully saturated rings. The van der Waals surface area contributed by atoms with Crippen LogP contribution >= 0.6 is 0 Å². The third kappa shape index (κ3) is 2.27. The van der Waals surface area contributed by atoms with Gasteiger partial charge in [-0.3, -0.25) is 0 Å². The molecule has 1 rings (SSSR count). The summed E-state index contributed by atoms with van der Waals surface area (Å²) in [6.45, 7) is 4.05. The van der Waals surface area contributed by atoms with E-state index in [9.17, 15) is 4.79 Å². The predicted octanol–water partition coefficient (Wildman–Crippen LogP) is 2.19. The van der Waals surface area contributed by atoms with E-state index < -0.39 is 5.97 Å². The lowest BCUT2D eigenvalue weighted by molar-refractivity contribution is 0.0602. The fraction of sp³-hybridized carbons (Fsp3) is 0.417. The SMILES string of the molecule is COC(=O)c1cc(C(C)C)c(OC)cc1N. The first-order valence-corrected chi connectivity index (χ1v) is 5.07. The number of nitrogens with two attached hydrogens (primary N) is 1. The van der Waals surface area contributed by atoms with Gasteiger partial charge in [0, 0.05) is 11.8 Å². The van der Waals surface area contributed by atoms with Crippen molar-refractivity contribution in [3.63, 3.8) is 0 Å². The summed E-state index contributed by atoms with van der Waals surface area (Å²) in [7, 11) is 2.92. The summed E-state index contributed by atoms with van der Waals surface area (Å²) in [6.07, 6.45) is 0. The number of carbonyl (C=O) groups is 1. The Morgan fingerprint density at radius 3 is 2.38 bits per heavy atom. The van der Waals surface area contributed by atoms with Crippen LogP contribution in [0.2, 0.25) is 0 Å². The van der Waals surface area contributed by atoms with Gasteiger partial charge in [-0.2, -0.15) is 0 Å². The Hall–Kier alpha value is -1.71. The second kappa shape index (κ2) is 4.88. The maximum absolute atomic E-state index is 11.5. The van der Waals surface area contributed by atoms with E-state index >= 15 is 0 Å². The van der Waals surface area contributed by atoms with E-state index in [0.29, 0.717) is 17.0 Å². The van der Waals surface area contributed by atoms with Crippen LogP contribution in [0, 0.1) is 0 Å². The molecule has 4 heteroatoms. The van der Waals surface area contributed by atoms with Crippen molar-refractivity contribution in [1.29, 1.82) is 0 Å². The van der Waals surface area contributed by atoms with Crippen LogP contribution in [-0.2, 0) is 4.74 Å². The van der Waals surface area contributed by atoms with Gasteiger partial charge in [0.25, 0.3) is 0 Å². The maximum Gasteiger partial charge on any atom is 0.339 e. The number of esters is 1. The van der Waals surface area contributed by atoms with Crippen molar-refractivity contribution >= 4 is 11.7 Å². The number of hydrogen-bond donors (Lipinski definition) is 1. The molecule has 0 amide bonds. The fourth-order valence-electron chi connectivity index (χ4n) is 1.53. The van der Waals surface area contributed by atoms with E-state index in [1.165, 1.54) is 7.11 Å². The van der Waals surface area contributed by atoms with Gasteiger partial charge in [-0.25, -0.2) is 4.79 Å². The molecule has 0 saturated carbocycles. The van der Waals surface area contributed by atoms with Gasteiger partial charge in [0.1, 0.15) is 5.75 Å². The molecule has 4 nitrogen and oxygen atoms in total. The lowest BCUT2D eigenvalue weighted by Gasteiger charge is -2.14. The van der Waals surface area contributed by atoms with Gasteiger partial charge in [0.2, 0.25) is 0 Å². The zero-order valence-corrected chi connectivity index (χ0v) is 10.0. The fourth-order valence-corrected chi connectivity index (χ4v) is 1.53. The van der Waals surface area contributed by atoms with Crippen molar-refractivity contribution < 1.29 is 14.3 Å². The van der Waals surface area contributed by atoms with Gasteiger partial charge >= 0.3 is 5.97 Å². The highest BCUT2D eigenvalue weighted by molar-refractivity contribution is 5.95. The van der Waals surface area contributed by atoms with Crippen LogP contribution in [0.3, 0.4) is 0 Å². The van der Waals surface area contributed by atoms with E-state index in [-0.39, 0.29) is 5.92 Å². The van der Waals surface area contributed by atoms with Crippen LogP contribution in [0.1, 0.15) is 35.7 Å². The number of hydrogen-bond acceptors (Lipinski definition) is 4. The number of benzene rings is 1. The minimum atomic E-state index is -0.429. The molecule has 0 aliphatic rings. The van der Waals surface area contributed by atoms with Crippen LogP contribution < -0.4 is 10.5 Å². The molecule has 0 aromatic heterocycles. The van der Waals surface area contributed by atoms with E-state index in [2.05, 4.69) is 4.74 Å². The summed E-state index contributed by atoms with van der Waals surface area (Å²) < 4.78 is 9.89. The molecular weight excluding hydrogens is 206 g/mol. The minimum Gasteiger partial charge on any atom is -0.496 e. The molecule has 0 heterocycles. The van der Waals surface area contributed by atoms with Crippen molar-refractivity contribution in [2.24, 2.45) is 0 Å². The quantitative estimate of drug-likeness (QED) is 0.630. The van der Waals surface area contributed by atoms with Crippen molar-refractivity contribution in [1.82, 2.24) is 0 Å². The van der Waals surface area contributed by atoms with E-state index in [1.807, 2.05) is 13.8 Å². The molecule has 1 aromatic rings. The lowest BCUT2D eigenvalue weighted by Crippen LogP contribution is -2.08. The first-order valence-electron chi connectivity index (χ1n) is 5.07. The number of methoxy groups -OCH3 is 2. The average Bonchev–Trinajstić information content (AvgIpc) is 2.27. The third-order valence-corrected chi connectivity index (χ3v) is 2.43. The van der Waals surface area contributed by atoms with Gasteiger partial charge in [-0.1, -0.05) is 13.8 Å². The Balaban J connectivity index is 3.33. The second-order valence-corrected chi connectivity index (χ2v) is 3.83. The van der Waals surface area contributed by atoms with Gasteiger partial charge in [-0.15, -0.1) is 0 Å². The molecule has 0 spiro atoms. The number of anilines is 1. The Morgan fingerprint density at radius 1 is 1.31 bits per heavy atom. The minimum absolute atomic E-state index is 0.249. The van der Waals surface area contributed by atoms with Crippen molar-refractivity contribution in [2.75, 3.05) is 20.0 Å². The van der Waals surface area contributed by atoms with Crippen molar-refractivity contribution in [3.8, 4) is 5.75 Å². The molecule has 0 aliphatic heterocycles. The zero-order valence-electron chi connectivity index (χ0n) is 10.0. The van der Waals surface area contributed by atoms with Gasteiger partial charge in [-0.05, 0) is 17.5 Å². The van der Waals surface area contributed by atoms with E-state index in [0.717, 1.165) is 5.56 Å². The Morgan fingerprint density at radius 2 is 1.94 bits per heavy atom. The number of nitrogen functional groups attached to an aromatic ring is 1. The standard InChI is InChI=1S/C12H17NO3/c1-7(2)8-5-9(12(14)16-4)10(13)6-11(8)15-3/h5-7H,13H2,1-4H3. The third-order valence-electron chi connectivity index (χ3n) is 2.43. The molecule has 0 unspecified atom stereocenters. The Labute approximate surface area is 95.3 Å². The molecule has 0 aliphatic carbocycles. The molecule has 16 heavy (non-hydrogen) atoms. The first kappa shape index (κ1) is 12.4. The van der Waals surface area contributed by atoms with Crippen LogP contribution in [-0.4, -0.2) is 20.2 Å². The molecule has 88 valence electrons. The molecule has 0 radical (unpaired) electrons. The summed E-state index contributed by atoms with van der Waals surface area (Å²) in [5.41, 5.74) is 7.45. The predicted molar refractivity (Wildman–Crippen MR) is 62.8 cm³/mol. The smallest absolute Gasteiger partial charge is 0.339 e. The van der Waals surface area contributed by atoms with Gasteiger partial charge in [0.15, 0.2) is 0 Å². The number of rotatable bonds is 3. The maximum atomic E-state index is 11.5. The van der Waals surface area contributed by atoms with Crippen LogP contribution in [0.5, 0.6) is 5.75 Å². The summed E-state index contributed by atoms with van der Waals surface area (Å²) >= 11 is 0. The second-order valence-electron chi connectivity index (χ2n) is 3.83. The first-order chi connectivity index (χ1) is 7.51. The monoisotopic (exact) mass is 223 g/mol. The summed E-state index contributed by atoms with van der Waals surface area (Å²) in [5, 5.41) is 0. The number of carbonyl (C=O) groups excluding carboxylic acids is 1. The van der Waals surface area contributed by atoms with Crippen molar-refractivity contribution in [2.45, 2.75) is 19.8 Å². The normalized spacial score (nSPS) is 10.3. The van der Waals surface area contributed by atoms with Gasteiger partial charge in [0.05, 0.1) is 19.8 Å².